The summed E-state index contributed by atoms with van der Waals surface area (Å²) in [6.07, 6.45) is 4.55. The van der Waals surface area contributed by atoms with E-state index in [9.17, 15) is 10.1 Å². The molecule has 2 heterocycles. The summed E-state index contributed by atoms with van der Waals surface area (Å²) in [7, 11) is 0. The Bertz CT molecular complexity index is 1560. The van der Waals surface area contributed by atoms with Crippen molar-refractivity contribution in [3.63, 3.8) is 0 Å². The number of carbonyl (C=O) groups is 1. The third kappa shape index (κ3) is 4.99. The normalized spacial score (nSPS) is 18.7. The molecular formula is C33H34N4OS. The Kier molecular flexibility index (Phi) is 7.13. The van der Waals surface area contributed by atoms with Crippen LogP contribution in [0.1, 0.15) is 60.4 Å². The van der Waals surface area contributed by atoms with Gasteiger partial charge in [-0.2, -0.15) is 5.26 Å². The first-order valence-corrected chi connectivity index (χ1v) is 14.2. The fourth-order valence-corrected chi connectivity index (χ4v) is 6.95. The fraction of sp³-hybridized carbons (Fsp3) is 0.303. The monoisotopic (exact) mass is 534 g/mol. The van der Waals surface area contributed by atoms with Crippen molar-refractivity contribution in [3.8, 4) is 6.07 Å². The molecule has 1 aliphatic heterocycles. The summed E-state index contributed by atoms with van der Waals surface area (Å²) in [4.78, 5) is 21.3. The molecule has 2 N–H and O–H groups in total. The van der Waals surface area contributed by atoms with E-state index in [4.69, 9.17) is 5.73 Å². The highest BCUT2D eigenvalue weighted by Crippen LogP contribution is 2.50. The summed E-state index contributed by atoms with van der Waals surface area (Å²) in [6, 6.07) is 18.9. The van der Waals surface area contributed by atoms with E-state index in [-0.39, 0.29) is 11.2 Å². The number of nitriles is 1. The Morgan fingerprint density at radius 3 is 2.54 bits per heavy atom. The van der Waals surface area contributed by atoms with Gasteiger partial charge in [0.2, 0.25) is 0 Å². The number of benzene rings is 2. The molecule has 0 fully saturated rings. The maximum atomic E-state index is 13.9. The lowest BCUT2D eigenvalue weighted by atomic mass is 9.68. The van der Waals surface area contributed by atoms with Gasteiger partial charge in [-0.15, -0.1) is 11.8 Å². The lowest BCUT2D eigenvalue weighted by Gasteiger charge is -2.44. The number of carbonyl (C=O) groups excluding carboxylic acids is 1. The highest BCUT2D eigenvalue weighted by Gasteiger charge is 2.45. The third-order valence-corrected chi connectivity index (χ3v) is 9.02. The number of rotatable bonds is 5. The summed E-state index contributed by atoms with van der Waals surface area (Å²) >= 11 is 1.81. The lowest BCUT2D eigenvalue weighted by molar-refractivity contribution is -0.118. The van der Waals surface area contributed by atoms with Gasteiger partial charge >= 0.3 is 0 Å². The third-order valence-electron chi connectivity index (χ3n) is 7.80. The van der Waals surface area contributed by atoms with Crippen molar-refractivity contribution < 1.29 is 4.79 Å². The van der Waals surface area contributed by atoms with E-state index in [1.165, 1.54) is 21.6 Å². The maximum absolute atomic E-state index is 13.9. The minimum Gasteiger partial charge on any atom is -0.384 e. The molecule has 1 aromatic heterocycles. The summed E-state index contributed by atoms with van der Waals surface area (Å²) in [5.74, 6) is 0.753. The number of aromatic nitrogens is 1. The second kappa shape index (κ2) is 10.4. The first kappa shape index (κ1) is 26.8. The Hall–Kier alpha value is -3.82. The average molecular weight is 535 g/mol. The molecule has 3 aromatic rings. The van der Waals surface area contributed by atoms with E-state index in [0.29, 0.717) is 29.8 Å². The predicted octanol–water partition coefficient (Wildman–Crippen LogP) is 7.24. The molecule has 198 valence electrons. The Morgan fingerprint density at radius 2 is 1.85 bits per heavy atom. The van der Waals surface area contributed by atoms with Crippen molar-refractivity contribution in [2.45, 2.75) is 64.0 Å². The number of anilines is 1. The van der Waals surface area contributed by atoms with Gasteiger partial charge < -0.3 is 5.73 Å². The second-order valence-corrected chi connectivity index (χ2v) is 12.4. The van der Waals surface area contributed by atoms with E-state index >= 15 is 0 Å². The number of pyridine rings is 1. The zero-order valence-corrected chi connectivity index (χ0v) is 24.0. The van der Waals surface area contributed by atoms with Gasteiger partial charge in [-0.1, -0.05) is 44.2 Å². The van der Waals surface area contributed by atoms with Gasteiger partial charge in [0.1, 0.15) is 5.82 Å². The molecule has 1 aliphatic carbocycles. The number of allylic oxidation sites excluding steroid dienone is 3. The van der Waals surface area contributed by atoms with Gasteiger partial charge in [0, 0.05) is 34.5 Å². The first-order chi connectivity index (χ1) is 18.6. The molecule has 6 heteroatoms. The maximum Gasteiger partial charge on any atom is 0.162 e. The number of thioether (sulfide) groups is 1. The molecule has 1 atom stereocenters. The highest BCUT2D eigenvalue weighted by molar-refractivity contribution is 7.98. The van der Waals surface area contributed by atoms with Crippen molar-refractivity contribution in [3.05, 3.63) is 111 Å². The van der Waals surface area contributed by atoms with Gasteiger partial charge in [-0.05, 0) is 78.6 Å². The second-order valence-electron chi connectivity index (χ2n) is 11.4. The summed E-state index contributed by atoms with van der Waals surface area (Å²) in [5, 5.41) is 10.5. The summed E-state index contributed by atoms with van der Waals surface area (Å²) in [6.45, 7) is 10.6. The molecule has 2 aliphatic rings. The molecule has 0 bridgehead atoms. The van der Waals surface area contributed by atoms with Gasteiger partial charge in [0.05, 0.1) is 29.4 Å². The Balaban J connectivity index is 1.66. The van der Waals surface area contributed by atoms with Crippen LogP contribution in [0.4, 0.5) is 5.69 Å². The minimum atomic E-state index is -0.496. The largest absolute Gasteiger partial charge is 0.384 e. The number of nitrogens with two attached hydrogens (primary N) is 1. The molecule has 0 radical (unpaired) electrons. The SMILES string of the molecule is Cc1cc(C)c(C2C(C#N)=C(N)N(c3cccnc3)C3=C2C(=O)CC(C)(C)C3)cc1CSc1ccccc1C. The smallest absolute Gasteiger partial charge is 0.162 e. The van der Waals surface area contributed by atoms with E-state index in [1.807, 2.05) is 28.8 Å². The number of ketones is 1. The number of hydrogen-bond acceptors (Lipinski definition) is 6. The molecule has 5 nitrogen and oxygen atoms in total. The fourth-order valence-electron chi connectivity index (χ4n) is 5.86. The van der Waals surface area contributed by atoms with Crippen LogP contribution in [-0.2, 0) is 10.5 Å². The first-order valence-electron chi connectivity index (χ1n) is 13.3. The van der Waals surface area contributed by atoms with Crippen molar-refractivity contribution in [2.24, 2.45) is 11.1 Å². The van der Waals surface area contributed by atoms with Crippen molar-refractivity contribution >= 4 is 23.2 Å². The molecule has 39 heavy (non-hydrogen) atoms. The molecule has 0 saturated heterocycles. The topological polar surface area (TPSA) is 83.0 Å². The van der Waals surface area contributed by atoms with Gasteiger partial charge in [0.15, 0.2) is 5.78 Å². The minimum absolute atomic E-state index is 0.0798. The van der Waals surface area contributed by atoms with E-state index in [2.05, 4.69) is 82.1 Å². The van der Waals surface area contributed by atoms with E-state index in [0.717, 1.165) is 28.3 Å². The number of hydrogen-bond donors (Lipinski definition) is 1. The van der Waals surface area contributed by atoms with Crippen LogP contribution >= 0.6 is 11.8 Å². The number of nitrogens with zero attached hydrogens (tertiary/aromatic N) is 3. The predicted molar refractivity (Wildman–Crippen MR) is 158 cm³/mol. The van der Waals surface area contributed by atoms with E-state index < -0.39 is 5.92 Å². The number of aryl methyl sites for hydroxylation is 3. The van der Waals surface area contributed by atoms with Crippen molar-refractivity contribution in [1.29, 1.82) is 5.26 Å². The molecule has 0 saturated carbocycles. The van der Waals surface area contributed by atoms with Crippen LogP contribution in [0.2, 0.25) is 0 Å². The lowest BCUT2D eigenvalue weighted by Crippen LogP contribution is -2.42. The summed E-state index contributed by atoms with van der Waals surface area (Å²) in [5.41, 5.74) is 15.0. The van der Waals surface area contributed by atoms with Crippen LogP contribution in [-0.4, -0.2) is 10.8 Å². The average Bonchev–Trinajstić information content (AvgIpc) is 2.88. The number of Topliss-reactive ketones (excluding diaryl/α,β-unsaturated/α-hetero) is 1. The van der Waals surface area contributed by atoms with Gasteiger partial charge in [0.25, 0.3) is 0 Å². The Labute approximate surface area is 235 Å². The zero-order valence-electron chi connectivity index (χ0n) is 23.2. The van der Waals surface area contributed by atoms with Gasteiger partial charge in [-0.25, -0.2) is 0 Å². The molecular weight excluding hydrogens is 500 g/mol. The van der Waals surface area contributed by atoms with Crippen LogP contribution in [0.3, 0.4) is 0 Å². The standard InChI is InChI=1S/C33H34N4OS/c1-20-9-6-7-11-29(20)39-19-23-14-25(22(3)13-21(23)2)30-26(17-34)32(35)37(24-10-8-12-36-18-24)27-15-33(4,5)16-28(38)31(27)30/h6-14,18,30H,15-16,19,35H2,1-5H3. The molecule has 0 amide bonds. The van der Waals surface area contributed by atoms with Crippen LogP contribution in [0, 0.1) is 37.5 Å². The Morgan fingerprint density at radius 1 is 1.08 bits per heavy atom. The summed E-state index contributed by atoms with van der Waals surface area (Å²) < 4.78 is 0. The van der Waals surface area contributed by atoms with Crippen LogP contribution in [0.15, 0.2) is 88.5 Å². The van der Waals surface area contributed by atoms with Crippen LogP contribution < -0.4 is 10.6 Å². The van der Waals surface area contributed by atoms with Crippen LogP contribution in [0.5, 0.6) is 0 Å². The quantitative estimate of drug-likeness (QED) is 0.347. The highest BCUT2D eigenvalue weighted by atomic mass is 32.2. The molecule has 1 unspecified atom stereocenters. The van der Waals surface area contributed by atoms with Crippen molar-refractivity contribution in [1.82, 2.24) is 4.98 Å². The van der Waals surface area contributed by atoms with Gasteiger partial charge in [-0.3, -0.25) is 14.7 Å². The van der Waals surface area contributed by atoms with E-state index in [1.54, 1.807) is 12.4 Å². The molecule has 0 spiro atoms. The van der Waals surface area contributed by atoms with Crippen molar-refractivity contribution in [2.75, 3.05) is 4.90 Å². The zero-order chi connectivity index (χ0) is 27.9. The van der Waals surface area contributed by atoms with Crippen LogP contribution in [0.25, 0.3) is 0 Å². The molecule has 2 aromatic carbocycles. The molecule has 5 rings (SSSR count).